The van der Waals surface area contributed by atoms with Gasteiger partial charge in [-0.25, -0.2) is 18.0 Å². The van der Waals surface area contributed by atoms with Gasteiger partial charge in [0.2, 0.25) is 15.9 Å². The van der Waals surface area contributed by atoms with Crippen LogP contribution in [0, 0.1) is 0 Å². The Morgan fingerprint density at radius 2 is 1.69 bits per heavy atom. The average molecular weight is 520 g/mol. The Hall–Kier alpha value is -3.64. The molecule has 194 valence electrons. The summed E-state index contributed by atoms with van der Waals surface area (Å²) in [5.41, 5.74) is 0.585. The number of ether oxygens (including phenoxy) is 2. The molecule has 3 rings (SSSR count). The van der Waals surface area contributed by atoms with Crippen molar-refractivity contribution < 1.29 is 37.4 Å². The number of amides is 2. The maximum atomic E-state index is 13.2. The van der Waals surface area contributed by atoms with Crippen LogP contribution < -0.4 is 14.8 Å². The number of sulfonamides is 1. The van der Waals surface area contributed by atoms with E-state index in [9.17, 15) is 27.9 Å². The zero-order valence-corrected chi connectivity index (χ0v) is 21.0. The summed E-state index contributed by atoms with van der Waals surface area (Å²) in [5, 5.41) is 12.2. The maximum Gasteiger partial charge on any atom is 0.414 e. The molecule has 1 saturated heterocycles. The molecule has 2 atom stereocenters. The van der Waals surface area contributed by atoms with E-state index in [1.54, 1.807) is 26.2 Å². The lowest BCUT2D eigenvalue weighted by Gasteiger charge is -2.25. The summed E-state index contributed by atoms with van der Waals surface area (Å²) in [5.74, 6) is -1.14. The molecule has 1 fully saturated rings. The van der Waals surface area contributed by atoms with Gasteiger partial charge in [0.15, 0.2) is 0 Å². The van der Waals surface area contributed by atoms with E-state index >= 15 is 0 Å². The van der Waals surface area contributed by atoms with Crippen molar-refractivity contribution in [1.29, 1.82) is 0 Å². The first-order valence-electron chi connectivity index (χ1n) is 11.2. The van der Waals surface area contributed by atoms with Gasteiger partial charge in [0, 0.05) is 27.1 Å². The quantitative estimate of drug-likeness (QED) is 0.510. The van der Waals surface area contributed by atoms with E-state index in [-0.39, 0.29) is 24.3 Å². The Morgan fingerprint density at radius 1 is 1.08 bits per heavy atom. The van der Waals surface area contributed by atoms with E-state index in [0.29, 0.717) is 23.5 Å². The van der Waals surface area contributed by atoms with Gasteiger partial charge in [-0.05, 0) is 54.8 Å². The van der Waals surface area contributed by atoms with Crippen LogP contribution in [0.3, 0.4) is 0 Å². The molecule has 36 heavy (non-hydrogen) atoms. The third kappa shape index (κ3) is 6.32. The van der Waals surface area contributed by atoms with Gasteiger partial charge in [0.1, 0.15) is 23.6 Å². The Bertz CT molecular complexity index is 1200. The van der Waals surface area contributed by atoms with E-state index in [1.165, 1.54) is 48.4 Å². The van der Waals surface area contributed by atoms with Crippen LogP contribution in [0.2, 0.25) is 0 Å². The van der Waals surface area contributed by atoms with E-state index in [4.69, 9.17) is 9.47 Å². The lowest BCUT2D eigenvalue weighted by atomic mass is 10.1. The van der Waals surface area contributed by atoms with Crippen LogP contribution in [-0.4, -0.2) is 80.5 Å². The molecule has 2 aromatic carbocycles. The highest BCUT2D eigenvalue weighted by Gasteiger charge is 2.40. The topological polar surface area (TPSA) is 143 Å². The molecule has 2 N–H and O–H groups in total. The first-order valence-corrected chi connectivity index (χ1v) is 12.6. The number of benzene rings is 2. The molecule has 0 spiro atoms. The van der Waals surface area contributed by atoms with Crippen molar-refractivity contribution in [3.8, 4) is 11.5 Å². The van der Waals surface area contributed by atoms with Gasteiger partial charge in [-0.15, -0.1) is 0 Å². The summed E-state index contributed by atoms with van der Waals surface area (Å²) in [7, 11) is 0.593. The number of nitrogens with zero attached hydrogens (tertiary/aromatic N) is 2. The van der Waals surface area contributed by atoms with Crippen LogP contribution in [0.15, 0.2) is 53.4 Å². The van der Waals surface area contributed by atoms with Crippen LogP contribution in [-0.2, 0) is 26.0 Å². The molecular weight excluding hydrogens is 490 g/mol. The van der Waals surface area contributed by atoms with Crippen LogP contribution >= 0.6 is 0 Å². The van der Waals surface area contributed by atoms with Crippen molar-refractivity contribution in [2.75, 3.05) is 27.7 Å². The molecule has 0 saturated carbocycles. The van der Waals surface area contributed by atoms with Gasteiger partial charge in [-0.1, -0.05) is 12.1 Å². The molecule has 11 nitrogen and oxygen atoms in total. The molecule has 0 bridgehead atoms. The smallest absolute Gasteiger partial charge is 0.414 e. The van der Waals surface area contributed by atoms with Crippen molar-refractivity contribution in [1.82, 2.24) is 14.5 Å². The fourth-order valence-corrected chi connectivity index (χ4v) is 5.42. The summed E-state index contributed by atoms with van der Waals surface area (Å²) in [6.45, 7) is 0.150. The van der Waals surface area contributed by atoms with Gasteiger partial charge in [-0.3, -0.25) is 4.79 Å². The zero-order valence-electron chi connectivity index (χ0n) is 20.2. The number of methoxy groups -OCH3 is 1. The number of carboxylic acid groups (broad SMARTS) is 1. The highest BCUT2D eigenvalue weighted by atomic mass is 32.2. The SMILES string of the molecule is COc1ccc(S(=O)(=O)N2CCC[C@H]2C(=O)N[C@@H](Cc2ccc(OC(=O)N(C)C)cc2)C(=O)O)cc1. The van der Waals surface area contributed by atoms with Crippen LogP contribution in [0.4, 0.5) is 4.79 Å². The molecule has 0 aliphatic carbocycles. The van der Waals surface area contributed by atoms with Crippen molar-refractivity contribution in [2.45, 2.75) is 36.2 Å². The largest absolute Gasteiger partial charge is 0.497 e. The standard InChI is InChI=1S/C24H29N3O8S/c1-26(2)24(31)35-18-8-6-16(7-9-18)15-20(23(29)30)25-22(28)21-5-4-14-27(21)36(32,33)19-12-10-17(34-3)11-13-19/h6-13,20-21H,4-5,14-15H2,1-3H3,(H,25,28)(H,29,30)/t20-,21-/m0/s1. The summed E-state index contributed by atoms with van der Waals surface area (Å²) in [6, 6.07) is 9.78. The summed E-state index contributed by atoms with van der Waals surface area (Å²) >= 11 is 0. The summed E-state index contributed by atoms with van der Waals surface area (Å²) in [4.78, 5) is 37.8. The number of aliphatic carboxylic acids is 1. The van der Waals surface area contributed by atoms with Crippen molar-refractivity contribution in [3.63, 3.8) is 0 Å². The minimum Gasteiger partial charge on any atom is -0.497 e. The second kappa shape index (κ2) is 11.4. The third-order valence-corrected chi connectivity index (χ3v) is 7.64. The first kappa shape index (κ1) is 27.0. The number of hydrogen-bond acceptors (Lipinski definition) is 7. The van der Waals surface area contributed by atoms with Crippen molar-refractivity contribution in [3.05, 3.63) is 54.1 Å². The molecular formula is C24H29N3O8S. The molecule has 2 aromatic rings. The van der Waals surface area contributed by atoms with Gasteiger partial charge >= 0.3 is 12.1 Å². The third-order valence-electron chi connectivity index (χ3n) is 5.72. The summed E-state index contributed by atoms with van der Waals surface area (Å²) in [6.07, 6.45) is 0.155. The summed E-state index contributed by atoms with van der Waals surface area (Å²) < 4.78 is 37.6. The molecule has 1 heterocycles. The molecule has 0 aromatic heterocycles. The monoisotopic (exact) mass is 519 g/mol. The van der Waals surface area contributed by atoms with Gasteiger partial charge in [0.25, 0.3) is 0 Å². The van der Waals surface area contributed by atoms with Crippen LogP contribution in [0.1, 0.15) is 18.4 Å². The molecule has 1 aliphatic heterocycles. The van der Waals surface area contributed by atoms with Gasteiger partial charge in [0.05, 0.1) is 12.0 Å². The Labute approximate surface area is 209 Å². The second-order valence-electron chi connectivity index (χ2n) is 8.46. The fraction of sp³-hybridized carbons (Fsp3) is 0.375. The lowest BCUT2D eigenvalue weighted by Crippen LogP contribution is -2.51. The lowest BCUT2D eigenvalue weighted by molar-refractivity contribution is -0.142. The molecule has 2 amide bonds. The average Bonchev–Trinajstić information content (AvgIpc) is 3.36. The minimum absolute atomic E-state index is 0.0211. The zero-order chi connectivity index (χ0) is 26.5. The number of hydrogen-bond donors (Lipinski definition) is 2. The number of nitrogens with one attached hydrogen (secondary N) is 1. The van der Waals surface area contributed by atoms with Gasteiger partial charge in [-0.2, -0.15) is 4.31 Å². The normalized spacial score (nSPS) is 16.7. The predicted molar refractivity (Wildman–Crippen MR) is 129 cm³/mol. The first-order chi connectivity index (χ1) is 17.0. The van der Waals surface area contributed by atoms with Crippen LogP contribution in [0.5, 0.6) is 11.5 Å². The predicted octanol–water partition coefficient (Wildman–Crippen LogP) is 1.72. The number of carboxylic acids is 1. The second-order valence-corrected chi connectivity index (χ2v) is 10.3. The van der Waals surface area contributed by atoms with Gasteiger partial charge < -0.3 is 24.8 Å². The van der Waals surface area contributed by atoms with E-state index in [1.807, 2.05) is 0 Å². The molecule has 12 heteroatoms. The molecule has 0 radical (unpaired) electrons. The Kier molecular flexibility index (Phi) is 8.53. The Morgan fingerprint density at radius 3 is 2.25 bits per heavy atom. The minimum atomic E-state index is -3.97. The molecule has 0 unspecified atom stereocenters. The van der Waals surface area contributed by atoms with Crippen molar-refractivity contribution in [2.24, 2.45) is 0 Å². The van der Waals surface area contributed by atoms with Crippen LogP contribution in [0.25, 0.3) is 0 Å². The van der Waals surface area contributed by atoms with E-state index in [0.717, 1.165) is 4.31 Å². The number of rotatable bonds is 9. The number of carbonyl (C=O) groups is 3. The Balaban J connectivity index is 1.69. The van der Waals surface area contributed by atoms with E-state index in [2.05, 4.69) is 5.32 Å². The van der Waals surface area contributed by atoms with E-state index < -0.39 is 40.1 Å². The highest BCUT2D eigenvalue weighted by molar-refractivity contribution is 7.89. The highest BCUT2D eigenvalue weighted by Crippen LogP contribution is 2.27. The maximum absolute atomic E-state index is 13.2. The van der Waals surface area contributed by atoms with Crippen molar-refractivity contribution >= 4 is 28.0 Å². The molecule has 1 aliphatic rings. The fourth-order valence-electron chi connectivity index (χ4n) is 3.76. The number of carbonyl (C=O) groups excluding carboxylic acids is 2.